The highest BCUT2D eigenvalue weighted by Crippen LogP contribution is 2.12. The highest BCUT2D eigenvalue weighted by Gasteiger charge is 2.01. The Bertz CT molecular complexity index is 237. The van der Waals surface area contributed by atoms with E-state index in [-0.39, 0.29) is 6.42 Å². The molecule has 1 aromatic carbocycles. The van der Waals surface area contributed by atoms with E-state index in [0.717, 1.165) is 0 Å². The van der Waals surface area contributed by atoms with Crippen LogP contribution in [0.5, 0.6) is 0 Å². The van der Waals surface area contributed by atoms with E-state index in [1.54, 1.807) is 24.3 Å². The van der Waals surface area contributed by atoms with Gasteiger partial charge in [-0.3, -0.25) is 0 Å². The molecule has 1 nitrogen and oxygen atoms in total. The number of halogens is 2. The number of hydrogen-bond donors (Lipinski definition) is 1. The van der Waals surface area contributed by atoms with Gasteiger partial charge in [-0.2, -0.15) is 0 Å². The maximum atomic E-state index is 12.0. The molecule has 0 saturated carbocycles. The SMILES string of the molecule is OC(F)Cc1cccc(Cl)c1. The Morgan fingerprint density at radius 1 is 1.55 bits per heavy atom. The molecule has 0 spiro atoms. The van der Waals surface area contributed by atoms with E-state index >= 15 is 0 Å². The third kappa shape index (κ3) is 2.87. The zero-order valence-electron chi connectivity index (χ0n) is 5.80. The lowest BCUT2D eigenvalue weighted by Crippen LogP contribution is -2.01. The maximum Gasteiger partial charge on any atom is 0.200 e. The standard InChI is InChI=1S/C8H8ClFO/c9-7-3-1-2-6(4-7)5-8(10)11/h1-4,8,11H,5H2. The van der Waals surface area contributed by atoms with Gasteiger partial charge < -0.3 is 5.11 Å². The van der Waals surface area contributed by atoms with Crippen LogP contribution >= 0.6 is 11.6 Å². The van der Waals surface area contributed by atoms with E-state index in [4.69, 9.17) is 16.7 Å². The zero-order valence-corrected chi connectivity index (χ0v) is 6.55. The summed E-state index contributed by atoms with van der Waals surface area (Å²) in [6.07, 6.45) is -1.80. The Morgan fingerprint density at radius 2 is 2.27 bits per heavy atom. The summed E-state index contributed by atoms with van der Waals surface area (Å²) in [5, 5.41) is 8.95. The number of hydrogen-bond acceptors (Lipinski definition) is 1. The molecule has 0 heterocycles. The topological polar surface area (TPSA) is 20.2 Å². The largest absolute Gasteiger partial charge is 0.364 e. The lowest BCUT2D eigenvalue weighted by Gasteiger charge is -2.00. The van der Waals surface area contributed by atoms with Crippen LogP contribution in [0.1, 0.15) is 5.56 Å². The molecule has 0 aromatic heterocycles. The van der Waals surface area contributed by atoms with E-state index in [9.17, 15) is 4.39 Å². The molecule has 0 aliphatic heterocycles. The van der Waals surface area contributed by atoms with Crippen molar-refractivity contribution >= 4 is 11.6 Å². The molecule has 1 rings (SSSR count). The van der Waals surface area contributed by atoms with Crippen molar-refractivity contribution < 1.29 is 9.50 Å². The van der Waals surface area contributed by atoms with E-state index in [1.807, 2.05) is 0 Å². The first kappa shape index (κ1) is 8.50. The predicted octanol–water partition coefficient (Wildman–Crippen LogP) is 2.17. The lowest BCUT2D eigenvalue weighted by atomic mass is 10.1. The van der Waals surface area contributed by atoms with Crippen LogP contribution < -0.4 is 0 Å². The molecular weight excluding hydrogens is 167 g/mol. The first-order chi connectivity index (χ1) is 5.18. The summed E-state index contributed by atoms with van der Waals surface area (Å²) in [4.78, 5) is 0. The smallest absolute Gasteiger partial charge is 0.200 e. The second-order valence-corrected chi connectivity index (χ2v) is 2.70. The second kappa shape index (κ2) is 3.69. The summed E-state index contributed by atoms with van der Waals surface area (Å²) < 4.78 is 12.0. The van der Waals surface area contributed by atoms with E-state index in [0.29, 0.717) is 10.6 Å². The molecule has 11 heavy (non-hydrogen) atoms. The quantitative estimate of drug-likeness (QED) is 0.729. The fraction of sp³-hybridized carbons (Fsp3) is 0.250. The Kier molecular flexibility index (Phi) is 2.85. The Morgan fingerprint density at radius 3 is 2.82 bits per heavy atom. The van der Waals surface area contributed by atoms with Crippen LogP contribution in [0.3, 0.4) is 0 Å². The van der Waals surface area contributed by atoms with Crippen LogP contribution in [0.2, 0.25) is 5.02 Å². The van der Waals surface area contributed by atoms with E-state index in [2.05, 4.69) is 0 Å². The van der Waals surface area contributed by atoms with Crippen LogP contribution in [0.15, 0.2) is 24.3 Å². The molecule has 3 heteroatoms. The highest BCUT2D eigenvalue weighted by molar-refractivity contribution is 6.30. The van der Waals surface area contributed by atoms with E-state index < -0.39 is 6.36 Å². The maximum absolute atomic E-state index is 12.0. The van der Waals surface area contributed by atoms with Crippen LogP contribution in [-0.2, 0) is 6.42 Å². The van der Waals surface area contributed by atoms with Crippen molar-refractivity contribution in [2.45, 2.75) is 12.8 Å². The molecule has 1 N–H and O–H groups in total. The molecule has 0 aliphatic carbocycles. The van der Waals surface area contributed by atoms with Gasteiger partial charge in [-0.25, -0.2) is 4.39 Å². The Balaban J connectivity index is 2.71. The summed E-state index contributed by atoms with van der Waals surface area (Å²) in [5.41, 5.74) is 0.701. The number of benzene rings is 1. The third-order valence-electron chi connectivity index (χ3n) is 1.29. The molecule has 1 unspecified atom stereocenters. The average Bonchev–Trinajstić information content (AvgIpc) is 1.85. The minimum Gasteiger partial charge on any atom is -0.364 e. The summed E-state index contributed by atoms with van der Waals surface area (Å²) in [6, 6.07) is 6.77. The van der Waals surface area contributed by atoms with Gasteiger partial charge in [-0.1, -0.05) is 23.7 Å². The van der Waals surface area contributed by atoms with Gasteiger partial charge in [0.1, 0.15) is 0 Å². The van der Waals surface area contributed by atoms with Crippen LogP contribution in [-0.4, -0.2) is 11.5 Å². The fourth-order valence-corrected chi connectivity index (χ4v) is 1.07. The van der Waals surface area contributed by atoms with Gasteiger partial charge in [0.2, 0.25) is 0 Å². The summed E-state index contributed by atoms with van der Waals surface area (Å²) in [7, 11) is 0. The van der Waals surface area contributed by atoms with E-state index in [1.165, 1.54) is 0 Å². The van der Waals surface area contributed by atoms with Crippen molar-refractivity contribution in [1.82, 2.24) is 0 Å². The van der Waals surface area contributed by atoms with Gasteiger partial charge in [-0.05, 0) is 17.7 Å². The molecule has 0 bridgehead atoms. The van der Waals surface area contributed by atoms with Gasteiger partial charge in [0.15, 0.2) is 6.36 Å². The first-order valence-electron chi connectivity index (χ1n) is 3.25. The Labute approximate surface area is 69.4 Å². The number of aliphatic hydroxyl groups is 1. The highest BCUT2D eigenvalue weighted by atomic mass is 35.5. The van der Waals surface area contributed by atoms with Gasteiger partial charge >= 0.3 is 0 Å². The molecule has 0 saturated heterocycles. The minimum absolute atomic E-state index is 0.000556. The second-order valence-electron chi connectivity index (χ2n) is 2.27. The summed E-state index contributed by atoms with van der Waals surface area (Å²) in [5.74, 6) is 0. The van der Waals surface area contributed by atoms with Crippen molar-refractivity contribution in [2.75, 3.05) is 0 Å². The number of rotatable bonds is 2. The van der Waals surface area contributed by atoms with Crippen LogP contribution in [0.4, 0.5) is 4.39 Å². The minimum atomic E-state index is -1.80. The van der Waals surface area contributed by atoms with Crippen LogP contribution in [0, 0.1) is 0 Å². The average molecular weight is 175 g/mol. The number of aliphatic hydroxyl groups excluding tert-OH is 1. The monoisotopic (exact) mass is 174 g/mol. The van der Waals surface area contributed by atoms with Gasteiger partial charge in [0.25, 0.3) is 0 Å². The zero-order chi connectivity index (χ0) is 8.27. The van der Waals surface area contributed by atoms with Crippen molar-refractivity contribution in [3.63, 3.8) is 0 Å². The fourth-order valence-electron chi connectivity index (χ4n) is 0.858. The van der Waals surface area contributed by atoms with Gasteiger partial charge in [0.05, 0.1) is 0 Å². The van der Waals surface area contributed by atoms with Gasteiger partial charge in [0, 0.05) is 11.4 Å². The summed E-state index contributed by atoms with van der Waals surface area (Å²) >= 11 is 5.62. The molecular formula is C8H8ClFO. The lowest BCUT2D eigenvalue weighted by molar-refractivity contribution is 0.0430. The van der Waals surface area contributed by atoms with Crippen molar-refractivity contribution in [3.05, 3.63) is 34.9 Å². The molecule has 0 amide bonds. The Hall–Kier alpha value is -0.600. The molecule has 0 radical (unpaired) electrons. The molecule has 0 fully saturated rings. The van der Waals surface area contributed by atoms with Gasteiger partial charge in [-0.15, -0.1) is 0 Å². The summed E-state index contributed by atoms with van der Waals surface area (Å²) in [6.45, 7) is 0. The molecule has 1 aromatic rings. The third-order valence-corrected chi connectivity index (χ3v) is 1.53. The van der Waals surface area contributed by atoms with Crippen molar-refractivity contribution in [1.29, 1.82) is 0 Å². The van der Waals surface area contributed by atoms with Crippen molar-refractivity contribution in [3.8, 4) is 0 Å². The van der Waals surface area contributed by atoms with Crippen molar-refractivity contribution in [2.24, 2.45) is 0 Å². The molecule has 1 atom stereocenters. The normalized spacial score (nSPS) is 13.0. The van der Waals surface area contributed by atoms with Crippen LogP contribution in [0.25, 0.3) is 0 Å². The molecule has 60 valence electrons. The molecule has 0 aliphatic rings. The predicted molar refractivity (Wildman–Crippen MR) is 42.3 cm³/mol. The first-order valence-corrected chi connectivity index (χ1v) is 3.63. The number of alkyl halides is 1.